The predicted octanol–water partition coefficient (Wildman–Crippen LogP) is 1.23. The number of hydrogen-bond acceptors (Lipinski definition) is 3. The van der Waals surface area contributed by atoms with Crippen molar-refractivity contribution in [3.05, 3.63) is 0 Å². The molecular formula is C6H13O3S-. The van der Waals surface area contributed by atoms with Gasteiger partial charge in [0, 0.05) is 0 Å². The van der Waals surface area contributed by atoms with Crippen molar-refractivity contribution >= 4 is 11.4 Å². The monoisotopic (exact) mass is 165 g/mol. The highest BCUT2D eigenvalue weighted by Gasteiger charge is 2.14. The fraction of sp³-hybridized carbons (Fsp3) is 1.00. The van der Waals surface area contributed by atoms with Gasteiger partial charge in [-0.15, -0.1) is 0 Å². The first-order valence-electron chi connectivity index (χ1n) is 3.20. The Kier molecular flexibility index (Phi) is 4.08. The lowest BCUT2D eigenvalue weighted by molar-refractivity contribution is 0.175. The first-order valence-corrected chi connectivity index (χ1v) is 4.20. The molecule has 0 N–H and O–H groups in total. The first-order chi connectivity index (χ1) is 4.48. The van der Waals surface area contributed by atoms with Crippen LogP contribution >= 0.6 is 0 Å². The standard InChI is InChI=1S/C6H14O3S/c1-4-6(2,3)5-9-10(7)8/h4-5H2,1-3H3,(H,7,8)/p-1. The molecule has 0 radical (unpaired) electrons. The van der Waals surface area contributed by atoms with Crippen LogP contribution in [0.4, 0.5) is 0 Å². The van der Waals surface area contributed by atoms with Gasteiger partial charge >= 0.3 is 0 Å². The predicted molar refractivity (Wildman–Crippen MR) is 38.9 cm³/mol. The average molecular weight is 165 g/mol. The zero-order chi connectivity index (χ0) is 8.20. The fourth-order valence-corrected chi connectivity index (χ4v) is 0.725. The molecule has 0 aromatic heterocycles. The van der Waals surface area contributed by atoms with E-state index >= 15 is 0 Å². The molecule has 0 aliphatic carbocycles. The number of rotatable bonds is 4. The van der Waals surface area contributed by atoms with Gasteiger partial charge in [0.2, 0.25) is 0 Å². The van der Waals surface area contributed by atoms with E-state index in [2.05, 4.69) is 4.18 Å². The van der Waals surface area contributed by atoms with E-state index in [1.807, 2.05) is 20.8 Å². The summed E-state index contributed by atoms with van der Waals surface area (Å²) in [6.45, 7) is 6.18. The molecular weight excluding hydrogens is 152 g/mol. The van der Waals surface area contributed by atoms with Crippen LogP contribution in [0.3, 0.4) is 0 Å². The smallest absolute Gasteiger partial charge is 0.0842 e. The molecule has 0 saturated heterocycles. The van der Waals surface area contributed by atoms with Crippen LogP contribution in [0.5, 0.6) is 0 Å². The second-order valence-electron chi connectivity index (χ2n) is 2.98. The van der Waals surface area contributed by atoms with Crippen molar-refractivity contribution in [3.8, 4) is 0 Å². The van der Waals surface area contributed by atoms with E-state index in [4.69, 9.17) is 0 Å². The van der Waals surface area contributed by atoms with Gasteiger partial charge in [-0.25, -0.2) is 4.21 Å². The van der Waals surface area contributed by atoms with E-state index in [9.17, 15) is 8.76 Å². The Hall–Kier alpha value is 0.0700. The van der Waals surface area contributed by atoms with Crippen LogP contribution in [-0.4, -0.2) is 15.4 Å². The molecule has 0 aliphatic rings. The van der Waals surface area contributed by atoms with Gasteiger partial charge < -0.3 is 8.74 Å². The minimum Gasteiger partial charge on any atom is -0.750 e. The highest BCUT2D eigenvalue weighted by atomic mass is 32.2. The van der Waals surface area contributed by atoms with E-state index < -0.39 is 11.4 Å². The Morgan fingerprint density at radius 1 is 1.60 bits per heavy atom. The number of hydrogen-bond donors (Lipinski definition) is 0. The maximum atomic E-state index is 9.94. The highest BCUT2D eigenvalue weighted by molar-refractivity contribution is 7.74. The molecule has 0 aromatic rings. The van der Waals surface area contributed by atoms with Crippen LogP contribution in [-0.2, 0) is 15.5 Å². The zero-order valence-electron chi connectivity index (χ0n) is 6.55. The Morgan fingerprint density at radius 2 is 2.10 bits per heavy atom. The van der Waals surface area contributed by atoms with Gasteiger partial charge in [-0.05, 0) is 11.8 Å². The second kappa shape index (κ2) is 4.05. The largest absolute Gasteiger partial charge is 0.750 e. The Bertz CT molecular complexity index is 122. The Morgan fingerprint density at radius 3 is 2.40 bits per heavy atom. The molecule has 0 aromatic carbocycles. The Balaban J connectivity index is 3.56. The van der Waals surface area contributed by atoms with Crippen molar-refractivity contribution in [3.63, 3.8) is 0 Å². The third-order valence-corrected chi connectivity index (χ3v) is 1.81. The van der Waals surface area contributed by atoms with Crippen LogP contribution in [0.15, 0.2) is 0 Å². The first kappa shape index (κ1) is 10.1. The van der Waals surface area contributed by atoms with Gasteiger partial charge in [-0.1, -0.05) is 20.8 Å². The third kappa shape index (κ3) is 4.90. The van der Waals surface area contributed by atoms with Crippen molar-refractivity contribution < 1.29 is 12.9 Å². The molecule has 0 aliphatic heterocycles. The molecule has 3 nitrogen and oxygen atoms in total. The minimum atomic E-state index is -2.36. The summed E-state index contributed by atoms with van der Waals surface area (Å²) in [5.74, 6) is 0. The van der Waals surface area contributed by atoms with Gasteiger partial charge in [0.1, 0.15) is 0 Å². The van der Waals surface area contributed by atoms with Gasteiger partial charge in [0.05, 0.1) is 18.0 Å². The summed E-state index contributed by atoms with van der Waals surface area (Å²) in [6.07, 6.45) is 0.907. The summed E-state index contributed by atoms with van der Waals surface area (Å²) in [6, 6.07) is 0. The summed E-state index contributed by atoms with van der Waals surface area (Å²) in [5, 5.41) is 0. The topological polar surface area (TPSA) is 49.4 Å². The zero-order valence-corrected chi connectivity index (χ0v) is 7.36. The molecule has 1 atom stereocenters. The van der Waals surface area contributed by atoms with Gasteiger partial charge in [-0.3, -0.25) is 0 Å². The van der Waals surface area contributed by atoms with E-state index in [1.54, 1.807) is 0 Å². The fourth-order valence-electron chi connectivity index (χ4n) is 0.310. The summed E-state index contributed by atoms with van der Waals surface area (Å²) in [5.41, 5.74) is -0.0416. The van der Waals surface area contributed by atoms with Crippen LogP contribution in [0, 0.1) is 5.41 Å². The summed E-state index contributed by atoms with van der Waals surface area (Å²) in [4.78, 5) is 0. The van der Waals surface area contributed by atoms with Gasteiger partial charge in [0.25, 0.3) is 0 Å². The normalized spacial score (nSPS) is 15.2. The molecule has 0 bridgehead atoms. The summed E-state index contributed by atoms with van der Waals surface area (Å²) < 4.78 is 24.3. The molecule has 62 valence electrons. The average Bonchev–Trinajstić information content (AvgIpc) is 1.85. The molecule has 1 unspecified atom stereocenters. The lowest BCUT2D eigenvalue weighted by atomic mass is 9.92. The van der Waals surface area contributed by atoms with Crippen molar-refractivity contribution in [1.29, 1.82) is 0 Å². The minimum absolute atomic E-state index is 0.0416. The van der Waals surface area contributed by atoms with E-state index in [0.717, 1.165) is 6.42 Å². The second-order valence-corrected chi connectivity index (χ2v) is 3.63. The third-order valence-electron chi connectivity index (χ3n) is 1.50. The highest BCUT2D eigenvalue weighted by Crippen LogP contribution is 2.19. The quantitative estimate of drug-likeness (QED) is 0.589. The van der Waals surface area contributed by atoms with Crippen molar-refractivity contribution in [2.75, 3.05) is 6.61 Å². The molecule has 4 heteroatoms. The van der Waals surface area contributed by atoms with Gasteiger partial charge in [0.15, 0.2) is 0 Å². The van der Waals surface area contributed by atoms with E-state index in [1.165, 1.54) is 0 Å². The van der Waals surface area contributed by atoms with E-state index in [0.29, 0.717) is 0 Å². The van der Waals surface area contributed by atoms with Gasteiger partial charge in [-0.2, -0.15) is 0 Å². The maximum Gasteiger partial charge on any atom is 0.0842 e. The molecule has 0 heterocycles. The van der Waals surface area contributed by atoms with Crippen LogP contribution < -0.4 is 0 Å². The molecule has 0 saturated carbocycles. The molecule has 0 spiro atoms. The molecule has 0 rings (SSSR count). The molecule has 10 heavy (non-hydrogen) atoms. The lowest BCUT2D eigenvalue weighted by Gasteiger charge is -2.22. The lowest BCUT2D eigenvalue weighted by Crippen LogP contribution is -2.18. The summed E-state index contributed by atoms with van der Waals surface area (Å²) >= 11 is -2.36. The Labute approximate surface area is 64.3 Å². The van der Waals surface area contributed by atoms with Crippen LogP contribution in [0.2, 0.25) is 0 Å². The van der Waals surface area contributed by atoms with E-state index in [-0.39, 0.29) is 12.0 Å². The molecule has 0 amide bonds. The molecule has 0 fully saturated rings. The van der Waals surface area contributed by atoms with Crippen molar-refractivity contribution in [2.45, 2.75) is 27.2 Å². The SMILES string of the molecule is CCC(C)(C)COS(=O)[O-]. The van der Waals surface area contributed by atoms with Crippen molar-refractivity contribution in [1.82, 2.24) is 0 Å². The van der Waals surface area contributed by atoms with Crippen LogP contribution in [0.1, 0.15) is 27.2 Å². The summed E-state index contributed by atoms with van der Waals surface area (Å²) in [7, 11) is 0. The van der Waals surface area contributed by atoms with Crippen LogP contribution in [0.25, 0.3) is 0 Å². The maximum absolute atomic E-state index is 9.94. The van der Waals surface area contributed by atoms with Crippen molar-refractivity contribution in [2.24, 2.45) is 5.41 Å².